The molecule has 10 nitrogen and oxygen atoms in total. The molecule has 0 aromatic heterocycles. The van der Waals surface area contributed by atoms with E-state index in [1.807, 2.05) is 6.92 Å². The van der Waals surface area contributed by atoms with Gasteiger partial charge in [-0.2, -0.15) is 0 Å². The van der Waals surface area contributed by atoms with E-state index in [0.717, 1.165) is 5.57 Å². The highest BCUT2D eigenvalue weighted by Crippen LogP contribution is 2.29. The fourth-order valence-electron chi connectivity index (χ4n) is 2.99. The van der Waals surface area contributed by atoms with E-state index in [2.05, 4.69) is 6.58 Å². The molecule has 0 spiro atoms. The summed E-state index contributed by atoms with van der Waals surface area (Å²) in [6.45, 7) is 6.68. The lowest BCUT2D eigenvalue weighted by Crippen LogP contribution is -2.64. The third kappa shape index (κ3) is 5.24. The van der Waals surface area contributed by atoms with Gasteiger partial charge in [-0.3, -0.25) is 0 Å². The lowest BCUT2D eigenvalue weighted by Gasteiger charge is -2.45. The highest BCUT2D eigenvalue weighted by atomic mass is 16.7. The number of ether oxygens (including phenoxy) is 4. The van der Waals surface area contributed by atoms with Crippen LogP contribution < -0.4 is 0 Å². The van der Waals surface area contributed by atoms with Crippen LogP contribution in [0.1, 0.15) is 20.3 Å². The highest BCUT2D eigenvalue weighted by molar-refractivity contribution is 4.94. The molecule has 2 heterocycles. The summed E-state index contributed by atoms with van der Waals surface area (Å²) >= 11 is 0. The lowest BCUT2D eigenvalue weighted by molar-refractivity contribution is -0.356. The van der Waals surface area contributed by atoms with Gasteiger partial charge in [0.05, 0.1) is 19.3 Å². The molecule has 2 aliphatic rings. The zero-order chi connectivity index (χ0) is 20.3. The standard InChI is InChI=1S/C17H30O10/c1-7(2)4-5-24-16-14(23)12(21)15(9(6-18)26-16)27-17-13(22)11(20)10(19)8(3)25-17/h8-23H,1,4-6H2,2-3H3/t8-,9+,10-,11+,12+,13+,14+,15+,16+,17-/m0/s1. The molecule has 2 rings (SSSR count). The fraction of sp³-hybridized carbons (Fsp3) is 0.882. The summed E-state index contributed by atoms with van der Waals surface area (Å²) in [5, 5.41) is 59.9. The van der Waals surface area contributed by atoms with Crippen molar-refractivity contribution < 1.29 is 49.6 Å². The van der Waals surface area contributed by atoms with Crippen molar-refractivity contribution in [2.45, 2.75) is 81.7 Å². The molecule has 6 N–H and O–H groups in total. The SMILES string of the molecule is C=C(C)CCO[C@@H]1O[C@H](CO)[C@@H](O[C@@H]2O[C@@H](C)[C@H](O)[C@@H](O)[C@H]2O)[C@H](O)[C@H]1O. The van der Waals surface area contributed by atoms with E-state index < -0.39 is 68.0 Å². The van der Waals surface area contributed by atoms with Crippen LogP contribution in [0.3, 0.4) is 0 Å². The summed E-state index contributed by atoms with van der Waals surface area (Å²) in [6, 6.07) is 0. The summed E-state index contributed by atoms with van der Waals surface area (Å²) in [5.41, 5.74) is 0.874. The molecule has 2 aliphatic heterocycles. The second-order valence-corrected chi connectivity index (χ2v) is 7.07. The van der Waals surface area contributed by atoms with Crippen molar-refractivity contribution in [1.29, 1.82) is 0 Å². The molecule has 0 amide bonds. The molecule has 27 heavy (non-hydrogen) atoms. The molecule has 10 atom stereocenters. The third-order valence-electron chi connectivity index (χ3n) is 4.73. The van der Waals surface area contributed by atoms with Gasteiger partial charge >= 0.3 is 0 Å². The Morgan fingerprint density at radius 3 is 2.15 bits per heavy atom. The maximum Gasteiger partial charge on any atom is 0.187 e. The van der Waals surface area contributed by atoms with Gasteiger partial charge in [-0.05, 0) is 20.3 Å². The van der Waals surface area contributed by atoms with E-state index in [-0.39, 0.29) is 6.61 Å². The van der Waals surface area contributed by atoms with Crippen LogP contribution in [-0.2, 0) is 18.9 Å². The predicted octanol–water partition coefficient (Wildman–Crippen LogP) is -2.38. The summed E-state index contributed by atoms with van der Waals surface area (Å²) < 4.78 is 21.7. The fourth-order valence-corrected chi connectivity index (χ4v) is 2.99. The zero-order valence-electron chi connectivity index (χ0n) is 15.4. The molecular formula is C17H30O10. The van der Waals surface area contributed by atoms with Gasteiger partial charge in [0.25, 0.3) is 0 Å². The lowest BCUT2D eigenvalue weighted by atomic mass is 9.97. The smallest absolute Gasteiger partial charge is 0.187 e. The first-order valence-corrected chi connectivity index (χ1v) is 8.91. The van der Waals surface area contributed by atoms with Crippen molar-refractivity contribution in [3.05, 3.63) is 12.2 Å². The topological polar surface area (TPSA) is 158 Å². The van der Waals surface area contributed by atoms with Crippen LogP contribution in [0.2, 0.25) is 0 Å². The van der Waals surface area contributed by atoms with Crippen molar-refractivity contribution in [3.63, 3.8) is 0 Å². The Morgan fingerprint density at radius 1 is 0.926 bits per heavy atom. The van der Waals surface area contributed by atoms with Crippen LogP contribution in [0.25, 0.3) is 0 Å². The monoisotopic (exact) mass is 394 g/mol. The highest BCUT2D eigenvalue weighted by Gasteiger charge is 2.50. The first kappa shape index (κ1) is 22.6. The van der Waals surface area contributed by atoms with Gasteiger partial charge in [0.1, 0.15) is 42.7 Å². The molecule has 0 saturated carbocycles. The van der Waals surface area contributed by atoms with Gasteiger partial charge in [0.15, 0.2) is 12.6 Å². The molecule has 0 aliphatic carbocycles. The van der Waals surface area contributed by atoms with E-state index in [1.165, 1.54) is 6.92 Å². The molecule has 0 aromatic carbocycles. The average Bonchev–Trinajstić information content (AvgIpc) is 2.62. The summed E-state index contributed by atoms with van der Waals surface area (Å²) in [4.78, 5) is 0. The van der Waals surface area contributed by atoms with Crippen molar-refractivity contribution in [2.24, 2.45) is 0 Å². The van der Waals surface area contributed by atoms with E-state index >= 15 is 0 Å². The quantitative estimate of drug-likeness (QED) is 0.258. The zero-order valence-corrected chi connectivity index (χ0v) is 15.4. The third-order valence-corrected chi connectivity index (χ3v) is 4.73. The Kier molecular flexibility index (Phi) is 8.13. The van der Waals surface area contributed by atoms with Gasteiger partial charge in [-0.1, -0.05) is 5.57 Å². The summed E-state index contributed by atoms with van der Waals surface area (Å²) in [7, 11) is 0. The van der Waals surface area contributed by atoms with Gasteiger partial charge in [0.2, 0.25) is 0 Å². The van der Waals surface area contributed by atoms with E-state index in [9.17, 15) is 30.6 Å². The number of aliphatic hydroxyl groups is 6. The molecule has 158 valence electrons. The van der Waals surface area contributed by atoms with Crippen molar-refractivity contribution in [2.75, 3.05) is 13.2 Å². The molecule has 0 radical (unpaired) electrons. The largest absolute Gasteiger partial charge is 0.394 e. The van der Waals surface area contributed by atoms with Crippen molar-refractivity contribution >= 4 is 0 Å². The summed E-state index contributed by atoms with van der Waals surface area (Å²) in [6.07, 6.45) is -12.6. The number of hydrogen-bond donors (Lipinski definition) is 6. The van der Waals surface area contributed by atoms with Crippen LogP contribution in [0.4, 0.5) is 0 Å². The molecule has 0 unspecified atom stereocenters. The molecular weight excluding hydrogens is 364 g/mol. The minimum absolute atomic E-state index is 0.208. The summed E-state index contributed by atoms with van der Waals surface area (Å²) in [5.74, 6) is 0. The number of rotatable bonds is 7. The van der Waals surface area contributed by atoms with Gasteiger partial charge < -0.3 is 49.6 Å². The van der Waals surface area contributed by atoms with Crippen LogP contribution in [0.5, 0.6) is 0 Å². The number of aliphatic hydroxyl groups excluding tert-OH is 6. The Bertz CT molecular complexity index is 486. The van der Waals surface area contributed by atoms with Gasteiger partial charge in [0, 0.05) is 0 Å². The second-order valence-electron chi connectivity index (χ2n) is 7.07. The Balaban J connectivity index is 2.03. The molecule has 10 heteroatoms. The Hall–Kier alpha value is -0.660. The molecule has 0 aromatic rings. The molecule has 2 saturated heterocycles. The van der Waals surface area contributed by atoms with Crippen molar-refractivity contribution in [3.8, 4) is 0 Å². The maximum atomic E-state index is 10.4. The van der Waals surface area contributed by atoms with E-state index in [0.29, 0.717) is 6.42 Å². The molecule has 0 bridgehead atoms. The normalized spacial score (nSPS) is 45.6. The second kappa shape index (κ2) is 9.70. The van der Waals surface area contributed by atoms with Crippen LogP contribution in [0.15, 0.2) is 12.2 Å². The van der Waals surface area contributed by atoms with Gasteiger partial charge in [-0.25, -0.2) is 0 Å². The maximum absolute atomic E-state index is 10.4. The minimum Gasteiger partial charge on any atom is -0.394 e. The van der Waals surface area contributed by atoms with Crippen LogP contribution >= 0.6 is 0 Å². The predicted molar refractivity (Wildman–Crippen MR) is 90.4 cm³/mol. The number of hydrogen-bond acceptors (Lipinski definition) is 10. The first-order valence-electron chi connectivity index (χ1n) is 8.91. The first-order chi connectivity index (χ1) is 12.7. The van der Waals surface area contributed by atoms with Crippen LogP contribution in [0, 0.1) is 0 Å². The van der Waals surface area contributed by atoms with E-state index in [1.54, 1.807) is 0 Å². The Morgan fingerprint density at radius 2 is 1.56 bits per heavy atom. The minimum atomic E-state index is -1.59. The van der Waals surface area contributed by atoms with Gasteiger partial charge in [-0.15, -0.1) is 6.58 Å². The molecule has 2 fully saturated rings. The van der Waals surface area contributed by atoms with Crippen molar-refractivity contribution in [1.82, 2.24) is 0 Å². The van der Waals surface area contributed by atoms with Crippen LogP contribution in [-0.4, -0.2) is 105 Å². The Labute approximate surface area is 157 Å². The van der Waals surface area contributed by atoms with E-state index in [4.69, 9.17) is 18.9 Å². The average molecular weight is 394 g/mol.